The van der Waals surface area contributed by atoms with Crippen LogP contribution in [0.2, 0.25) is 0 Å². The van der Waals surface area contributed by atoms with Gasteiger partial charge in [-0.2, -0.15) is 0 Å². The molecule has 6 nitrogen and oxygen atoms in total. The van der Waals surface area contributed by atoms with Crippen LogP contribution in [0.1, 0.15) is 25.0 Å². The maximum absolute atomic E-state index is 13.1. The fourth-order valence-corrected chi connectivity index (χ4v) is 3.80. The number of benzene rings is 2. The fourth-order valence-electron chi connectivity index (χ4n) is 3.80. The normalized spacial score (nSPS) is 19.2. The Morgan fingerprint density at radius 3 is 2.48 bits per heavy atom. The largest absolute Gasteiger partial charge is 0.484 e. The van der Waals surface area contributed by atoms with E-state index in [0.717, 1.165) is 24.2 Å². The van der Waals surface area contributed by atoms with Crippen LogP contribution in [0.4, 0.5) is 4.39 Å². The topological polar surface area (TPSA) is 59.1 Å². The van der Waals surface area contributed by atoms with E-state index in [-0.39, 0.29) is 42.8 Å². The van der Waals surface area contributed by atoms with Gasteiger partial charge in [0.25, 0.3) is 5.91 Å². The molecule has 0 unspecified atom stereocenters. The van der Waals surface area contributed by atoms with Crippen molar-refractivity contribution in [3.63, 3.8) is 0 Å². The molecule has 1 saturated heterocycles. The van der Waals surface area contributed by atoms with Crippen molar-refractivity contribution in [1.29, 1.82) is 0 Å². The molecule has 7 heteroatoms. The Morgan fingerprint density at radius 1 is 1.03 bits per heavy atom. The van der Waals surface area contributed by atoms with Crippen molar-refractivity contribution in [1.82, 2.24) is 9.80 Å². The first-order chi connectivity index (χ1) is 14.9. The molecule has 1 aliphatic heterocycles. The van der Waals surface area contributed by atoms with Crippen LogP contribution in [-0.2, 0) is 27.3 Å². The van der Waals surface area contributed by atoms with Gasteiger partial charge < -0.3 is 14.4 Å². The molecule has 0 bridgehead atoms. The zero-order valence-electron chi connectivity index (χ0n) is 18.2. The summed E-state index contributed by atoms with van der Waals surface area (Å²) >= 11 is 0. The SMILES string of the molecule is COC(=O)Cc1cccc(OCC(=O)N2C[C@@H](C)N(Cc3ccc(F)cc3)C[C@@H]2C)c1. The van der Waals surface area contributed by atoms with Gasteiger partial charge in [0, 0.05) is 31.7 Å². The molecule has 31 heavy (non-hydrogen) atoms. The summed E-state index contributed by atoms with van der Waals surface area (Å²) < 4.78 is 23.5. The lowest BCUT2D eigenvalue weighted by Gasteiger charge is -2.44. The van der Waals surface area contributed by atoms with E-state index in [1.165, 1.54) is 19.2 Å². The molecule has 0 aliphatic carbocycles. The summed E-state index contributed by atoms with van der Waals surface area (Å²) in [5.74, 6) is -0.0875. The second-order valence-corrected chi connectivity index (χ2v) is 7.99. The van der Waals surface area contributed by atoms with Crippen molar-refractivity contribution in [2.24, 2.45) is 0 Å². The van der Waals surface area contributed by atoms with E-state index < -0.39 is 0 Å². The van der Waals surface area contributed by atoms with Crippen molar-refractivity contribution in [2.75, 3.05) is 26.8 Å². The number of carbonyl (C=O) groups excluding carboxylic acids is 2. The minimum atomic E-state index is -0.324. The molecule has 0 N–H and O–H groups in total. The lowest BCUT2D eigenvalue weighted by Crippen LogP contribution is -2.58. The Morgan fingerprint density at radius 2 is 1.77 bits per heavy atom. The zero-order chi connectivity index (χ0) is 22.4. The van der Waals surface area contributed by atoms with Gasteiger partial charge in [-0.3, -0.25) is 14.5 Å². The Bertz CT molecular complexity index is 903. The summed E-state index contributed by atoms with van der Waals surface area (Å²) in [6.45, 7) is 6.12. The van der Waals surface area contributed by atoms with Gasteiger partial charge in [0.05, 0.1) is 13.5 Å². The molecule has 0 radical (unpaired) electrons. The van der Waals surface area contributed by atoms with Crippen LogP contribution in [0.3, 0.4) is 0 Å². The minimum Gasteiger partial charge on any atom is -0.484 e. The van der Waals surface area contributed by atoms with Crippen LogP contribution >= 0.6 is 0 Å². The lowest BCUT2D eigenvalue weighted by molar-refractivity contribution is -0.140. The number of amides is 1. The molecule has 166 valence electrons. The van der Waals surface area contributed by atoms with Crippen LogP contribution < -0.4 is 4.74 Å². The molecule has 1 aliphatic rings. The number of nitrogens with zero attached hydrogens (tertiary/aromatic N) is 2. The first-order valence-corrected chi connectivity index (χ1v) is 10.4. The number of carbonyl (C=O) groups is 2. The fraction of sp³-hybridized carbons (Fsp3) is 0.417. The monoisotopic (exact) mass is 428 g/mol. The van der Waals surface area contributed by atoms with E-state index in [0.29, 0.717) is 12.3 Å². The highest BCUT2D eigenvalue weighted by Gasteiger charge is 2.32. The van der Waals surface area contributed by atoms with Crippen LogP contribution in [-0.4, -0.2) is 60.6 Å². The summed E-state index contributed by atoms with van der Waals surface area (Å²) in [6.07, 6.45) is 0.159. The molecule has 0 aromatic heterocycles. The molecule has 0 spiro atoms. The molecular weight excluding hydrogens is 399 g/mol. The van der Waals surface area contributed by atoms with E-state index >= 15 is 0 Å². The van der Waals surface area contributed by atoms with Crippen LogP contribution in [0.15, 0.2) is 48.5 Å². The van der Waals surface area contributed by atoms with Gasteiger partial charge in [0.15, 0.2) is 6.61 Å². The summed E-state index contributed by atoms with van der Waals surface area (Å²) in [5.41, 5.74) is 1.82. The zero-order valence-corrected chi connectivity index (χ0v) is 18.2. The summed E-state index contributed by atoms with van der Waals surface area (Å²) in [7, 11) is 1.35. The number of piperazine rings is 1. The smallest absolute Gasteiger partial charge is 0.309 e. The van der Waals surface area contributed by atoms with Gasteiger partial charge in [-0.15, -0.1) is 0 Å². The van der Waals surface area contributed by atoms with E-state index in [9.17, 15) is 14.0 Å². The third-order valence-electron chi connectivity index (χ3n) is 5.57. The van der Waals surface area contributed by atoms with Gasteiger partial charge >= 0.3 is 5.97 Å². The number of ether oxygens (including phenoxy) is 2. The quantitative estimate of drug-likeness (QED) is 0.635. The molecule has 0 saturated carbocycles. The minimum absolute atomic E-state index is 0.0402. The van der Waals surface area contributed by atoms with Crippen molar-refractivity contribution in [3.8, 4) is 5.75 Å². The number of rotatable bonds is 7. The highest BCUT2D eigenvalue weighted by molar-refractivity contribution is 5.78. The Kier molecular flexibility index (Phi) is 7.63. The van der Waals surface area contributed by atoms with Crippen molar-refractivity contribution < 1.29 is 23.5 Å². The van der Waals surface area contributed by atoms with Crippen molar-refractivity contribution in [2.45, 2.75) is 38.9 Å². The van der Waals surface area contributed by atoms with Crippen molar-refractivity contribution >= 4 is 11.9 Å². The third-order valence-corrected chi connectivity index (χ3v) is 5.57. The predicted octanol–water partition coefficient (Wildman–Crippen LogP) is 3.04. The number of hydrogen-bond donors (Lipinski definition) is 0. The number of esters is 1. The van der Waals surface area contributed by atoms with E-state index in [1.54, 1.807) is 30.3 Å². The highest BCUT2D eigenvalue weighted by Crippen LogP contribution is 2.20. The first-order valence-electron chi connectivity index (χ1n) is 10.4. The third kappa shape index (κ3) is 6.28. The van der Waals surface area contributed by atoms with E-state index in [2.05, 4.69) is 16.6 Å². The van der Waals surface area contributed by atoms with Crippen LogP contribution in [0.5, 0.6) is 5.75 Å². The molecule has 2 atom stereocenters. The van der Waals surface area contributed by atoms with Crippen molar-refractivity contribution in [3.05, 3.63) is 65.5 Å². The lowest BCUT2D eigenvalue weighted by atomic mass is 10.1. The summed E-state index contributed by atoms with van der Waals surface area (Å²) in [6, 6.07) is 13.9. The predicted molar refractivity (Wildman–Crippen MR) is 115 cm³/mol. The first kappa shape index (κ1) is 22.7. The van der Waals surface area contributed by atoms with Gasteiger partial charge in [0.2, 0.25) is 0 Å². The average molecular weight is 429 g/mol. The van der Waals surface area contributed by atoms with Gasteiger partial charge in [0.1, 0.15) is 11.6 Å². The Hall–Kier alpha value is -2.93. The molecule has 2 aromatic rings. The van der Waals surface area contributed by atoms with E-state index in [1.807, 2.05) is 17.9 Å². The molecule has 2 aromatic carbocycles. The van der Waals surface area contributed by atoms with Gasteiger partial charge in [-0.25, -0.2) is 4.39 Å². The number of methoxy groups -OCH3 is 1. The molecule has 1 amide bonds. The standard InChI is InChI=1S/C24H29FN2O4/c1-17-14-27(18(2)13-26(17)15-19-7-9-21(25)10-8-19)23(28)16-31-22-6-4-5-20(11-22)12-24(29)30-3/h4-11,17-18H,12-16H2,1-3H3/t17-,18+/m1/s1. The molecule has 1 heterocycles. The van der Waals surface area contributed by atoms with Crippen LogP contribution in [0, 0.1) is 5.82 Å². The Labute approximate surface area is 182 Å². The maximum Gasteiger partial charge on any atom is 0.309 e. The molecule has 1 fully saturated rings. The average Bonchev–Trinajstić information content (AvgIpc) is 2.76. The van der Waals surface area contributed by atoms with E-state index in [4.69, 9.17) is 4.74 Å². The highest BCUT2D eigenvalue weighted by atomic mass is 19.1. The summed E-state index contributed by atoms with van der Waals surface area (Å²) in [5, 5.41) is 0. The van der Waals surface area contributed by atoms with Gasteiger partial charge in [-0.1, -0.05) is 24.3 Å². The van der Waals surface area contributed by atoms with Crippen LogP contribution in [0.25, 0.3) is 0 Å². The molecular formula is C24H29FN2O4. The number of hydrogen-bond acceptors (Lipinski definition) is 5. The second kappa shape index (κ2) is 10.4. The maximum atomic E-state index is 13.1. The number of halogens is 1. The van der Waals surface area contributed by atoms with Gasteiger partial charge in [-0.05, 0) is 49.2 Å². The molecule has 3 rings (SSSR count). The second-order valence-electron chi connectivity index (χ2n) is 7.99. The summed E-state index contributed by atoms with van der Waals surface area (Å²) in [4.78, 5) is 28.4. The Balaban J connectivity index is 1.54.